The zero-order valence-corrected chi connectivity index (χ0v) is 21.9. The molecule has 1 aliphatic carbocycles. The highest BCUT2D eigenvalue weighted by atomic mass is 32.2. The molecular weight excluding hydrogens is 524 g/mol. The van der Waals surface area contributed by atoms with E-state index in [1.807, 2.05) is 30.5 Å². The summed E-state index contributed by atoms with van der Waals surface area (Å²) < 4.78 is 28.4. The molecule has 3 aromatic rings. The zero-order chi connectivity index (χ0) is 27.4. The average molecular weight is 550 g/mol. The Kier molecular flexibility index (Phi) is 6.06. The van der Waals surface area contributed by atoms with E-state index in [9.17, 15) is 18.4 Å². The number of halogens is 2. The van der Waals surface area contributed by atoms with Gasteiger partial charge in [-0.05, 0) is 60.9 Å². The second kappa shape index (κ2) is 9.34. The molecule has 1 aromatic carbocycles. The lowest BCUT2D eigenvalue weighted by molar-refractivity contribution is -0.113. The maximum atomic E-state index is 13.7. The number of amides is 2. The Labute approximate surface area is 227 Å². The number of rotatable bonds is 5. The first-order valence-corrected chi connectivity index (χ1v) is 14.0. The van der Waals surface area contributed by atoms with Crippen LogP contribution in [0.25, 0.3) is 5.82 Å². The van der Waals surface area contributed by atoms with Gasteiger partial charge in [-0.2, -0.15) is 26.8 Å². The van der Waals surface area contributed by atoms with Crippen molar-refractivity contribution in [1.82, 2.24) is 20.1 Å². The molecule has 3 aliphatic rings. The summed E-state index contributed by atoms with van der Waals surface area (Å²) in [7, 11) is 0. The number of nitrogens with zero attached hydrogens (tertiary/aromatic N) is 5. The summed E-state index contributed by atoms with van der Waals surface area (Å²) in [6, 6.07) is 11.0. The number of anilines is 2. The number of carbonyl (C=O) groups is 2. The lowest BCUT2D eigenvalue weighted by Crippen LogP contribution is -2.56. The van der Waals surface area contributed by atoms with Gasteiger partial charge in [0.15, 0.2) is 11.6 Å². The van der Waals surface area contributed by atoms with Crippen molar-refractivity contribution in [2.24, 2.45) is 0 Å². The third-order valence-corrected chi connectivity index (χ3v) is 8.05. The van der Waals surface area contributed by atoms with E-state index in [1.54, 1.807) is 17.0 Å². The second-order valence-electron chi connectivity index (χ2n) is 10.2. The minimum atomic E-state index is -2.66. The number of carbonyl (C=O) groups excluding carboxylic acids is 2. The number of hydrogen-bond acceptors (Lipinski definition) is 7. The SMILES string of the molecule is CSCC(=O)Nc1c2c(nn1-c1ccc(C#N)cn1)C[C@]1(CCCc3cc(N4CC(F)(F)C4)ccc31)NC2=O. The highest BCUT2D eigenvalue weighted by Gasteiger charge is 2.47. The van der Waals surface area contributed by atoms with Crippen molar-refractivity contribution in [1.29, 1.82) is 5.26 Å². The first-order chi connectivity index (χ1) is 18.7. The minimum absolute atomic E-state index is 0.199. The Morgan fingerprint density at radius 1 is 1.28 bits per heavy atom. The smallest absolute Gasteiger partial charge is 0.282 e. The molecule has 4 heterocycles. The highest BCUT2D eigenvalue weighted by Crippen LogP contribution is 2.44. The van der Waals surface area contributed by atoms with E-state index in [-0.39, 0.29) is 42.0 Å². The van der Waals surface area contributed by atoms with Gasteiger partial charge in [0.05, 0.1) is 35.6 Å². The number of benzene rings is 1. The molecule has 1 saturated heterocycles. The topological polar surface area (TPSA) is 116 Å². The molecule has 1 fully saturated rings. The molecule has 39 heavy (non-hydrogen) atoms. The van der Waals surface area contributed by atoms with Gasteiger partial charge in [0.25, 0.3) is 11.8 Å². The quantitative estimate of drug-likeness (QED) is 0.501. The molecule has 6 rings (SSSR count). The molecule has 0 saturated carbocycles. The fourth-order valence-corrected chi connectivity index (χ4v) is 6.10. The van der Waals surface area contributed by atoms with Crippen molar-refractivity contribution in [3.8, 4) is 11.9 Å². The van der Waals surface area contributed by atoms with E-state index >= 15 is 0 Å². The van der Waals surface area contributed by atoms with Crippen molar-refractivity contribution in [3.63, 3.8) is 0 Å². The van der Waals surface area contributed by atoms with Crippen LogP contribution >= 0.6 is 11.8 Å². The number of hydrogen-bond donors (Lipinski definition) is 2. The maximum Gasteiger partial charge on any atom is 0.282 e. The molecule has 0 bridgehead atoms. The lowest BCUT2D eigenvalue weighted by atomic mass is 9.71. The largest absolute Gasteiger partial charge is 0.359 e. The molecule has 2 amide bonds. The van der Waals surface area contributed by atoms with Gasteiger partial charge in [-0.25, -0.2) is 13.8 Å². The summed E-state index contributed by atoms with van der Waals surface area (Å²) in [5.41, 5.74) is 3.24. The molecule has 12 heteroatoms. The van der Waals surface area contributed by atoms with Gasteiger partial charge in [0.1, 0.15) is 11.6 Å². The van der Waals surface area contributed by atoms with Crippen molar-refractivity contribution >= 4 is 35.1 Å². The van der Waals surface area contributed by atoms with Crippen LogP contribution in [0.3, 0.4) is 0 Å². The first-order valence-electron chi connectivity index (χ1n) is 12.6. The Bertz CT molecular complexity index is 1520. The van der Waals surface area contributed by atoms with E-state index in [0.717, 1.165) is 29.7 Å². The Hall–Kier alpha value is -3.98. The maximum absolute atomic E-state index is 13.7. The van der Waals surface area contributed by atoms with Crippen LogP contribution in [0.4, 0.5) is 20.3 Å². The third kappa shape index (κ3) is 4.40. The summed E-state index contributed by atoms with van der Waals surface area (Å²) in [4.78, 5) is 32.3. The lowest BCUT2D eigenvalue weighted by Gasteiger charge is -2.44. The molecule has 2 N–H and O–H groups in total. The van der Waals surface area contributed by atoms with Crippen LogP contribution < -0.4 is 15.5 Å². The Morgan fingerprint density at radius 2 is 2.10 bits per heavy atom. The minimum Gasteiger partial charge on any atom is -0.359 e. The predicted octanol–water partition coefficient (Wildman–Crippen LogP) is 3.41. The predicted molar refractivity (Wildman–Crippen MR) is 142 cm³/mol. The van der Waals surface area contributed by atoms with Crippen molar-refractivity contribution in [2.75, 3.05) is 35.3 Å². The van der Waals surface area contributed by atoms with Crippen LogP contribution in [0.2, 0.25) is 0 Å². The summed E-state index contributed by atoms with van der Waals surface area (Å²) in [6.45, 7) is -0.578. The molecule has 2 aromatic heterocycles. The highest BCUT2D eigenvalue weighted by molar-refractivity contribution is 7.99. The molecule has 200 valence electrons. The summed E-state index contributed by atoms with van der Waals surface area (Å²) in [5.74, 6) is -2.49. The number of fused-ring (bicyclic) bond motifs is 3. The van der Waals surface area contributed by atoms with Crippen LogP contribution in [-0.4, -0.2) is 57.6 Å². The first kappa shape index (κ1) is 25.3. The number of aromatic nitrogens is 3. The van der Waals surface area contributed by atoms with Gasteiger partial charge in [0.2, 0.25) is 5.91 Å². The number of pyridine rings is 1. The number of nitrogens with one attached hydrogen (secondary N) is 2. The summed E-state index contributed by atoms with van der Waals surface area (Å²) in [5, 5.41) is 19.9. The van der Waals surface area contributed by atoms with Crippen molar-refractivity contribution in [3.05, 3.63) is 64.5 Å². The number of alkyl halides is 2. The van der Waals surface area contributed by atoms with E-state index in [0.29, 0.717) is 29.9 Å². The average Bonchev–Trinajstić information content (AvgIpc) is 3.25. The van der Waals surface area contributed by atoms with E-state index < -0.39 is 11.5 Å². The molecule has 9 nitrogen and oxygen atoms in total. The van der Waals surface area contributed by atoms with Gasteiger partial charge in [-0.1, -0.05) is 6.07 Å². The fraction of sp³-hybridized carbons (Fsp3) is 0.370. The van der Waals surface area contributed by atoms with Crippen molar-refractivity contribution in [2.45, 2.75) is 37.1 Å². The standard InChI is InChI=1S/C27H25F2N7O2S/c1-39-13-22(37)32-24-23-20(34-36(24)21-7-4-16(11-30)12-31-21)10-26(33-25(23)38)8-2-3-17-9-18(5-6-19(17)26)35-14-27(28,29)15-35/h4-7,9,12H,2-3,8,10,13-15H2,1H3,(H,32,37)(H,33,38)/t26-/m0/s1. The number of nitriles is 1. The molecule has 1 spiro atoms. The van der Waals surface area contributed by atoms with Crippen LogP contribution in [0.1, 0.15) is 45.6 Å². The number of aryl methyl sites for hydroxylation is 1. The molecular formula is C27H25F2N7O2S. The van der Waals surface area contributed by atoms with Gasteiger partial charge in [-0.15, -0.1) is 0 Å². The monoisotopic (exact) mass is 549 g/mol. The fourth-order valence-electron chi connectivity index (χ4n) is 5.77. The Balaban J connectivity index is 1.39. The van der Waals surface area contributed by atoms with E-state index in [4.69, 9.17) is 10.4 Å². The number of thioether (sulfide) groups is 1. The van der Waals surface area contributed by atoms with Crippen molar-refractivity contribution < 1.29 is 18.4 Å². The van der Waals surface area contributed by atoms with Gasteiger partial charge < -0.3 is 15.5 Å². The van der Waals surface area contributed by atoms with Crippen LogP contribution in [0.15, 0.2) is 36.5 Å². The third-order valence-electron chi connectivity index (χ3n) is 7.50. The van der Waals surface area contributed by atoms with Gasteiger partial charge >= 0.3 is 0 Å². The van der Waals surface area contributed by atoms with Gasteiger partial charge in [0, 0.05) is 18.3 Å². The van der Waals surface area contributed by atoms with Crippen LogP contribution in [0, 0.1) is 11.3 Å². The van der Waals surface area contributed by atoms with E-state index in [2.05, 4.69) is 15.6 Å². The summed E-state index contributed by atoms with van der Waals surface area (Å²) in [6.07, 6.45) is 5.92. The normalized spacial score (nSPS) is 20.9. The zero-order valence-electron chi connectivity index (χ0n) is 21.1. The van der Waals surface area contributed by atoms with Gasteiger partial charge in [-0.3, -0.25) is 9.59 Å². The molecule has 2 aliphatic heterocycles. The molecule has 0 unspecified atom stereocenters. The molecule has 1 atom stereocenters. The second-order valence-corrected chi connectivity index (χ2v) is 11.1. The molecule has 0 radical (unpaired) electrons. The van der Waals surface area contributed by atoms with E-state index in [1.165, 1.54) is 22.6 Å². The Morgan fingerprint density at radius 3 is 2.79 bits per heavy atom. The van der Waals surface area contributed by atoms with Crippen LogP contribution in [0.5, 0.6) is 0 Å². The van der Waals surface area contributed by atoms with Crippen LogP contribution in [-0.2, 0) is 23.2 Å². The summed E-state index contributed by atoms with van der Waals surface area (Å²) >= 11 is 1.36.